The largest absolute Gasteiger partial charge is 0.456 e. The summed E-state index contributed by atoms with van der Waals surface area (Å²) in [5.74, 6) is 1.38. The Balaban J connectivity index is 0.789. The van der Waals surface area contributed by atoms with Gasteiger partial charge in [0.05, 0.1) is 22.5 Å². The molecule has 0 bridgehead atoms. The lowest BCUT2D eigenvalue weighted by Gasteiger charge is -2.39. The Morgan fingerprint density at radius 2 is 0.822 bits per heavy atom. The molecule has 2 aliphatic carbocycles. The number of fused-ring (bicyclic) bond motifs is 12. The predicted octanol–water partition coefficient (Wildman–Crippen LogP) is 17.8. The van der Waals surface area contributed by atoms with Crippen LogP contribution in [0.1, 0.15) is 188 Å². The second-order valence-corrected chi connectivity index (χ2v) is 25.8. The van der Waals surface area contributed by atoms with Gasteiger partial charge < -0.3 is 28.7 Å². The van der Waals surface area contributed by atoms with Crippen LogP contribution in [0.5, 0.6) is 23.0 Å². The first-order valence-electron chi connectivity index (χ1n) is 32.5. The number of aryl methyl sites for hydroxylation is 2. The molecule has 14 rings (SSSR count). The number of anilines is 6. The Morgan fingerprint density at radius 3 is 1.20 bits per heavy atom. The molecule has 458 valence electrons. The summed E-state index contributed by atoms with van der Waals surface area (Å²) in [6, 6.07) is 53.0. The number of carbonyl (C=O) groups is 4. The van der Waals surface area contributed by atoms with Crippen molar-refractivity contribution in [1.82, 2.24) is 0 Å². The molecule has 2 atom stereocenters. The third kappa shape index (κ3) is 9.20. The van der Waals surface area contributed by atoms with E-state index in [1.165, 1.54) is 38.5 Å². The summed E-state index contributed by atoms with van der Waals surface area (Å²) in [4.78, 5) is 65.4. The van der Waals surface area contributed by atoms with Crippen LogP contribution >= 0.6 is 0 Å². The van der Waals surface area contributed by atoms with E-state index in [4.69, 9.17) is 18.9 Å². The second-order valence-electron chi connectivity index (χ2n) is 25.8. The first-order valence-corrected chi connectivity index (χ1v) is 32.5. The van der Waals surface area contributed by atoms with Crippen molar-refractivity contribution >= 4 is 57.9 Å². The normalized spacial score (nSPS) is 19.4. The molecule has 4 aliphatic heterocycles. The zero-order valence-corrected chi connectivity index (χ0v) is 52.9. The van der Waals surface area contributed by atoms with Gasteiger partial charge in [-0.25, -0.2) is 9.59 Å². The second kappa shape index (κ2) is 22.7. The average molecular weight is 1200 g/mol. The lowest BCUT2D eigenvalue weighted by Crippen LogP contribution is -2.35. The maximum Gasteiger partial charge on any atom is 0.340 e. The maximum atomic E-state index is 14.5. The van der Waals surface area contributed by atoms with Crippen molar-refractivity contribution in [3.63, 3.8) is 0 Å². The summed E-state index contributed by atoms with van der Waals surface area (Å²) in [5.41, 5.74) is 10.6. The standard InChI is InChI=1S/C78H78N4O8/c1-9-72(83)81(66-46-64-68(42-48(66)4)87-70-44-56(79(7)52-22-14-12-15-23-52)38-40-62(70)77(64)60-28-20-18-26-58(60)74(85)89-77)54-34-30-50(31-35-54)76(6,11-3)51-32-36-55(37-33-51)82(73(84)10-2)67-47-65-69(43-49(67)5)88-71-45-57(80(8)53-24-16-13-17-25-53)39-41-63(71)78(65)61-29-21-19-27-59(61)75(86)90-78/h18-21,26-47,52-53H,9-17,22-25H2,1-8H3. The summed E-state index contributed by atoms with van der Waals surface area (Å²) in [5, 5.41) is 0. The minimum absolute atomic E-state index is 0.0985. The highest BCUT2D eigenvalue weighted by Gasteiger charge is 2.56. The van der Waals surface area contributed by atoms with E-state index in [1.807, 2.05) is 125 Å². The van der Waals surface area contributed by atoms with Crippen molar-refractivity contribution in [3.8, 4) is 23.0 Å². The van der Waals surface area contributed by atoms with Crippen LogP contribution in [0.2, 0.25) is 0 Å². The fraction of sp³-hybridized carbons (Fsp3) is 0.333. The molecule has 4 heterocycles. The quantitative estimate of drug-likeness (QED) is 0.103. The molecule has 6 aliphatic rings. The first kappa shape index (κ1) is 58.5. The summed E-state index contributed by atoms with van der Waals surface area (Å²) in [6.07, 6.45) is 13.2. The molecule has 2 amide bonds. The van der Waals surface area contributed by atoms with Gasteiger partial charge in [-0.1, -0.05) is 127 Å². The summed E-state index contributed by atoms with van der Waals surface area (Å²) >= 11 is 0. The molecule has 8 aromatic carbocycles. The van der Waals surface area contributed by atoms with Gasteiger partial charge in [0.25, 0.3) is 0 Å². The van der Waals surface area contributed by atoms with Crippen LogP contribution < -0.4 is 29.1 Å². The van der Waals surface area contributed by atoms with Crippen LogP contribution in [0.4, 0.5) is 34.1 Å². The van der Waals surface area contributed by atoms with Crippen molar-refractivity contribution in [2.24, 2.45) is 0 Å². The smallest absolute Gasteiger partial charge is 0.340 e. The molecule has 2 spiro atoms. The molecular weight excluding hydrogens is 1120 g/mol. The summed E-state index contributed by atoms with van der Waals surface area (Å²) in [7, 11) is 4.32. The Labute approximate surface area is 528 Å². The lowest BCUT2D eigenvalue weighted by molar-refractivity contribution is -0.118. The summed E-state index contributed by atoms with van der Waals surface area (Å²) < 4.78 is 27.2. The number of nitrogens with zero attached hydrogens (tertiary/aromatic N) is 4. The maximum absolute atomic E-state index is 14.5. The van der Waals surface area contributed by atoms with Gasteiger partial charge in [-0.2, -0.15) is 0 Å². The third-order valence-electron chi connectivity index (χ3n) is 20.9. The van der Waals surface area contributed by atoms with Crippen molar-refractivity contribution in [3.05, 3.63) is 224 Å². The fourth-order valence-electron chi connectivity index (χ4n) is 15.6. The van der Waals surface area contributed by atoms with Crippen molar-refractivity contribution in [2.45, 2.75) is 154 Å². The topological polar surface area (TPSA) is 118 Å². The Hall–Kier alpha value is -9.16. The van der Waals surface area contributed by atoms with Gasteiger partial charge in [0.2, 0.25) is 11.8 Å². The Bertz CT molecular complexity index is 3940. The van der Waals surface area contributed by atoms with Gasteiger partial charge in [-0.15, -0.1) is 0 Å². The minimum atomic E-state index is -1.33. The molecule has 12 heteroatoms. The molecule has 0 N–H and O–H groups in total. The van der Waals surface area contributed by atoms with E-state index in [9.17, 15) is 19.2 Å². The molecule has 8 aromatic rings. The van der Waals surface area contributed by atoms with E-state index in [2.05, 4.69) is 98.4 Å². The highest BCUT2D eigenvalue weighted by Crippen LogP contribution is 2.60. The molecule has 0 aromatic heterocycles. The van der Waals surface area contributed by atoms with Crippen LogP contribution in [-0.4, -0.2) is 49.9 Å². The van der Waals surface area contributed by atoms with Gasteiger partial charge in [-0.3, -0.25) is 19.4 Å². The van der Waals surface area contributed by atoms with Crippen molar-refractivity contribution in [1.29, 1.82) is 0 Å². The predicted molar refractivity (Wildman–Crippen MR) is 354 cm³/mol. The number of rotatable bonds is 13. The first-order chi connectivity index (χ1) is 43.6. The molecule has 2 fully saturated rings. The van der Waals surface area contributed by atoms with Crippen molar-refractivity contribution in [2.75, 3.05) is 33.7 Å². The number of ether oxygens (including phenoxy) is 4. The van der Waals surface area contributed by atoms with Crippen LogP contribution in [0.25, 0.3) is 0 Å². The molecule has 2 unspecified atom stereocenters. The Morgan fingerprint density at radius 1 is 0.456 bits per heavy atom. The van der Waals surface area contributed by atoms with E-state index in [1.54, 1.807) is 9.80 Å². The zero-order chi connectivity index (χ0) is 62.4. The van der Waals surface area contributed by atoms with E-state index >= 15 is 0 Å². The number of benzene rings is 8. The molecule has 12 nitrogen and oxygen atoms in total. The van der Waals surface area contributed by atoms with Gasteiger partial charge in [0, 0.05) is 113 Å². The van der Waals surface area contributed by atoms with Gasteiger partial charge >= 0.3 is 11.9 Å². The van der Waals surface area contributed by atoms with Crippen LogP contribution in [0.3, 0.4) is 0 Å². The highest BCUT2D eigenvalue weighted by atomic mass is 16.6. The monoisotopic (exact) mass is 1200 g/mol. The van der Waals surface area contributed by atoms with E-state index in [0.29, 0.717) is 80.1 Å². The van der Waals surface area contributed by atoms with Gasteiger partial charge in [0.15, 0.2) is 11.2 Å². The molecule has 0 radical (unpaired) electrons. The lowest BCUT2D eigenvalue weighted by atomic mass is 9.74. The summed E-state index contributed by atoms with van der Waals surface area (Å²) in [6.45, 7) is 12.1. The highest BCUT2D eigenvalue weighted by molar-refractivity contribution is 6.04. The molecule has 90 heavy (non-hydrogen) atoms. The van der Waals surface area contributed by atoms with Gasteiger partial charge in [-0.05, 0) is 153 Å². The van der Waals surface area contributed by atoms with E-state index < -0.39 is 28.6 Å². The number of hydrogen-bond donors (Lipinski definition) is 0. The van der Waals surface area contributed by atoms with E-state index in [-0.39, 0.29) is 24.7 Å². The van der Waals surface area contributed by atoms with Crippen molar-refractivity contribution < 1.29 is 38.1 Å². The average Bonchev–Trinajstić information content (AvgIpc) is 1.42. The SMILES string of the molecule is CCC(=O)N(c1ccc(C(C)(CC)c2ccc(N(C(=O)CC)c3cc4c(cc3C)Oc3cc(N(C)C5CCCCC5)ccc3C43OC(=O)c4ccccc43)cc2)cc1)c1cc2c(cc1C)Oc1cc(N(C)C3CCCCC3)ccc1C21OC(=O)c2ccccc21. The van der Waals surface area contributed by atoms with Crippen LogP contribution in [-0.2, 0) is 35.7 Å². The third-order valence-corrected chi connectivity index (χ3v) is 20.9. The molecule has 2 saturated carbocycles. The van der Waals surface area contributed by atoms with Crippen LogP contribution in [0, 0.1) is 13.8 Å². The Kier molecular flexibility index (Phi) is 14.8. The number of carbonyl (C=O) groups excluding carboxylic acids is 4. The molecule has 0 saturated heterocycles. The van der Waals surface area contributed by atoms with E-state index in [0.717, 1.165) is 88.0 Å². The van der Waals surface area contributed by atoms with Gasteiger partial charge in [0.1, 0.15) is 23.0 Å². The minimum Gasteiger partial charge on any atom is -0.456 e. The number of hydrogen-bond acceptors (Lipinski definition) is 10. The number of esters is 2. The fourth-order valence-corrected chi connectivity index (χ4v) is 15.6. The van der Waals surface area contributed by atoms with Crippen LogP contribution in [0.15, 0.2) is 158 Å². The molecular formula is C78H78N4O8. The zero-order valence-electron chi connectivity index (χ0n) is 52.9. The number of amides is 2.